The minimum Gasteiger partial charge on any atom is -0.484 e. The number of nitrogens with zero attached hydrogens (tertiary/aromatic N) is 2. The molecule has 2 aromatic rings. The van der Waals surface area contributed by atoms with E-state index in [-0.39, 0.29) is 12.5 Å². The molecule has 0 unspecified atom stereocenters. The summed E-state index contributed by atoms with van der Waals surface area (Å²) in [6.45, 7) is 9.09. The highest BCUT2D eigenvalue weighted by atomic mass is 35.5. The zero-order valence-corrected chi connectivity index (χ0v) is 18.4. The van der Waals surface area contributed by atoms with Crippen molar-refractivity contribution in [3.63, 3.8) is 0 Å². The van der Waals surface area contributed by atoms with Crippen molar-refractivity contribution in [2.24, 2.45) is 0 Å². The smallest absolute Gasteiger partial charge is 0.262 e. The summed E-state index contributed by atoms with van der Waals surface area (Å²) < 4.78 is 5.61. The van der Waals surface area contributed by atoms with Crippen molar-refractivity contribution in [1.82, 2.24) is 9.80 Å². The number of hydrogen-bond acceptors (Lipinski definition) is 4. The molecule has 5 nitrogen and oxygen atoms in total. The number of anilines is 1. The van der Waals surface area contributed by atoms with E-state index < -0.39 is 0 Å². The first-order valence-corrected chi connectivity index (χ1v) is 10.6. The minimum absolute atomic E-state index is 0.0747. The first-order valence-electron chi connectivity index (χ1n) is 9.76. The molecule has 1 heterocycles. The number of hydrogen-bond donors (Lipinski definition) is 1. The van der Waals surface area contributed by atoms with E-state index in [9.17, 15) is 4.79 Å². The number of likely N-dealkylation sites (N-methyl/N-ethyl adjacent to an activating group) is 1. The standard InChI is InChI=1S/C22H26ClN3O2S/c1-3-25-10-12-26(13-11-25)22(29)17-5-8-19(9-6-17)28-15-21(27)24-20-14-18(23)7-4-16(20)2/h4-9,14H,3,10-13,15H2,1-2H3,(H,24,27). The zero-order valence-electron chi connectivity index (χ0n) is 16.8. The molecule has 1 N–H and O–H groups in total. The number of nitrogens with one attached hydrogen (secondary N) is 1. The summed E-state index contributed by atoms with van der Waals surface area (Å²) in [5, 5.41) is 3.40. The Morgan fingerprint density at radius 3 is 2.48 bits per heavy atom. The van der Waals surface area contributed by atoms with Crippen LogP contribution in [0, 0.1) is 6.92 Å². The van der Waals surface area contributed by atoms with Gasteiger partial charge in [-0.1, -0.05) is 36.8 Å². The molecule has 1 fully saturated rings. The highest BCUT2D eigenvalue weighted by molar-refractivity contribution is 7.80. The summed E-state index contributed by atoms with van der Waals surface area (Å²) in [7, 11) is 0. The van der Waals surface area contributed by atoms with Crippen LogP contribution >= 0.6 is 23.8 Å². The lowest BCUT2D eigenvalue weighted by Crippen LogP contribution is -2.48. The summed E-state index contributed by atoms with van der Waals surface area (Å²) in [5.74, 6) is 0.397. The average Bonchev–Trinajstić information content (AvgIpc) is 2.75. The highest BCUT2D eigenvalue weighted by Crippen LogP contribution is 2.20. The van der Waals surface area contributed by atoms with Crippen LogP contribution in [-0.2, 0) is 4.79 Å². The van der Waals surface area contributed by atoms with Crippen LogP contribution in [0.3, 0.4) is 0 Å². The first kappa shape index (κ1) is 21.6. The number of halogens is 1. The summed E-state index contributed by atoms with van der Waals surface area (Å²) in [5.41, 5.74) is 2.63. The lowest BCUT2D eigenvalue weighted by atomic mass is 10.2. The Bertz CT molecular complexity index is 865. The Morgan fingerprint density at radius 1 is 1.14 bits per heavy atom. The first-order chi connectivity index (χ1) is 14.0. The lowest BCUT2D eigenvalue weighted by molar-refractivity contribution is -0.118. The quantitative estimate of drug-likeness (QED) is 0.701. The molecule has 0 saturated carbocycles. The van der Waals surface area contributed by atoms with Gasteiger partial charge in [-0.25, -0.2) is 0 Å². The number of rotatable bonds is 6. The fraction of sp³-hybridized carbons (Fsp3) is 0.364. The Kier molecular flexibility index (Phi) is 7.47. The predicted octanol–water partition coefficient (Wildman–Crippen LogP) is 3.98. The van der Waals surface area contributed by atoms with Crippen LogP contribution in [0.4, 0.5) is 5.69 Å². The van der Waals surface area contributed by atoms with E-state index in [1.165, 1.54) is 0 Å². The maximum Gasteiger partial charge on any atom is 0.262 e. The highest BCUT2D eigenvalue weighted by Gasteiger charge is 2.18. The van der Waals surface area contributed by atoms with E-state index in [0.29, 0.717) is 16.5 Å². The number of thiocarbonyl (C=S) groups is 1. The van der Waals surface area contributed by atoms with Crippen LogP contribution in [-0.4, -0.2) is 60.0 Å². The van der Waals surface area contributed by atoms with Gasteiger partial charge in [-0.15, -0.1) is 0 Å². The Morgan fingerprint density at radius 2 is 1.83 bits per heavy atom. The minimum atomic E-state index is -0.233. The fourth-order valence-corrected chi connectivity index (χ4v) is 3.70. The molecule has 1 saturated heterocycles. The number of aryl methyl sites for hydroxylation is 1. The van der Waals surface area contributed by atoms with Gasteiger partial charge in [-0.2, -0.15) is 0 Å². The van der Waals surface area contributed by atoms with Crippen LogP contribution < -0.4 is 10.1 Å². The van der Waals surface area contributed by atoms with Crippen molar-refractivity contribution < 1.29 is 9.53 Å². The van der Waals surface area contributed by atoms with E-state index in [1.807, 2.05) is 37.3 Å². The van der Waals surface area contributed by atoms with E-state index in [0.717, 1.165) is 48.8 Å². The van der Waals surface area contributed by atoms with Gasteiger partial charge in [0, 0.05) is 42.5 Å². The van der Waals surface area contributed by atoms with Crippen molar-refractivity contribution in [2.75, 3.05) is 44.6 Å². The third-order valence-corrected chi connectivity index (χ3v) is 5.78. The second-order valence-electron chi connectivity index (χ2n) is 7.05. The fourth-order valence-electron chi connectivity index (χ4n) is 3.21. The van der Waals surface area contributed by atoms with Gasteiger partial charge in [0.1, 0.15) is 10.7 Å². The number of amides is 1. The van der Waals surface area contributed by atoms with E-state index in [1.54, 1.807) is 12.1 Å². The summed E-state index contributed by atoms with van der Waals surface area (Å²) in [4.78, 5) is 17.7. The number of ether oxygens (including phenoxy) is 1. The van der Waals surface area contributed by atoms with Crippen molar-refractivity contribution >= 4 is 40.4 Å². The van der Waals surface area contributed by atoms with Gasteiger partial charge in [0.25, 0.3) is 5.91 Å². The molecule has 7 heteroatoms. The molecule has 0 aromatic heterocycles. The van der Waals surface area contributed by atoms with Crippen molar-refractivity contribution in [3.8, 4) is 5.75 Å². The Labute approximate surface area is 182 Å². The molecule has 154 valence electrons. The number of carbonyl (C=O) groups is 1. The second-order valence-corrected chi connectivity index (χ2v) is 7.87. The molecule has 29 heavy (non-hydrogen) atoms. The molecule has 0 atom stereocenters. The maximum absolute atomic E-state index is 12.2. The molecule has 1 aliphatic rings. The summed E-state index contributed by atoms with van der Waals surface area (Å²) >= 11 is 11.6. The van der Waals surface area contributed by atoms with Crippen LogP contribution in [0.15, 0.2) is 42.5 Å². The second kappa shape index (κ2) is 10.1. The molecular formula is C22H26ClN3O2S. The molecule has 1 amide bonds. The van der Waals surface area contributed by atoms with Gasteiger partial charge in [-0.3, -0.25) is 4.79 Å². The van der Waals surface area contributed by atoms with Crippen LogP contribution in [0.5, 0.6) is 5.75 Å². The van der Waals surface area contributed by atoms with E-state index >= 15 is 0 Å². The van der Waals surface area contributed by atoms with Gasteiger partial charge in [0.05, 0.1) is 0 Å². The van der Waals surface area contributed by atoms with Crippen LogP contribution in [0.25, 0.3) is 0 Å². The molecule has 0 radical (unpaired) electrons. The van der Waals surface area contributed by atoms with Crippen LogP contribution in [0.1, 0.15) is 18.1 Å². The molecular weight excluding hydrogens is 406 g/mol. The summed E-state index contributed by atoms with van der Waals surface area (Å²) in [6.07, 6.45) is 0. The van der Waals surface area contributed by atoms with Gasteiger partial charge < -0.3 is 19.9 Å². The largest absolute Gasteiger partial charge is 0.484 e. The molecule has 3 rings (SSSR count). The molecule has 0 bridgehead atoms. The van der Waals surface area contributed by atoms with Crippen molar-refractivity contribution in [1.29, 1.82) is 0 Å². The van der Waals surface area contributed by atoms with Crippen LogP contribution in [0.2, 0.25) is 5.02 Å². The van der Waals surface area contributed by atoms with Gasteiger partial charge in [-0.05, 0) is 55.4 Å². The third-order valence-electron chi connectivity index (χ3n) is 5.05. The van der Waals surface area contributed by atoms with Gasteiger partial charge in [0.15, 0.2) is 6.61 Å². The number of benzene rings is 2. The third kappa shape index (κ3) is 5.92. The Hall–Kier alpha value is -2.15. The van der Waals surface area contributed by atoms with E-state index in [2.05, 4.69) is 22.0 Å². The van der Waals surface area contributed by atoms with Crippen molar-refractivity contribution in [2.45, 2.75) is 13.8 Å². The molecule has 2 aromatic carbocycles. The van der Waals surface area contributed by atoms with E-state index in [4.69, 9.17) is 28.6 Å². The monoisotopic (exact) mass is 431 g/mol. The lowest BCUT2D eigenvalue weighted by Gasteiger charge is -2.35. The average molecular weight is 432 g/mol. The number of piperazine rings is 1. The zero-order chi connectivity index (χ0) is 20.8. The summed E-state index contributed by atoms with van der Waals surface area (Å²) in [6, 6.07) is 13.0. The van der Waals surface area contributed by atoms with Crippen molar-refractivity contribution in [3.05, 3.63) is 58.6 Å². The van der Waals surface area contributed by atoms with Gasteiger partial charge in [0.2, 0.25) is 0 Å². The van der Waals surface area contributed by atoms with Gasteiger partial charge >= 0.3 is 0 Å². The predicted molar refractivity (Wildman–Crippen MR) is 122 cm³/mol. The Balaban J connectivity index is 1.50. The molecule has 0 spiro atoms. The normalized spacial score (nSPS) is 14.5. The molecule has 0 aliphatic carbocycles. The number of carbonyl (C=O) groups excluding carboxylic acids is 1. The molecule has 1 aliphatic heterocycles. The maximum atomic E-state index is 12.2. The SMILES string of the molecule is CCN1CCN(C(=S)c2ccc(OCC(=O)Nc3cc(Cl)ccc3C)cc2)CC1. The topological polar surface area (TPSA) is 44.8 Å².